The fraction of sp³-hybridized carbons (Fsp3) is 0.857. The van der Waals surface area contributed by atoms with E-state index in [0.29, 0.717) is 0 Å². The molecule has 0 saturated carbocycles. The molecule has 0 heterocycles. The maximum Gasteiger partial charge on any atom is 0.122 e. The lowest BCUT2D eigenvalue weighted by Gasteiger charge is -2.19. The van der Waals surface area contributed by atoms with Gasteiger partial charge in [0.15, 0.2) is 0 Å². The Morgan fingerprint density at radius 1 is 1.00 bits per heavy atom. The summed E-state index contributed by atoms with van der Waals surface area (Å²) in [5.74, 6) is 0. The van der Waals surface area contributed by atoms with Crippen molar-refractivity contribution in [2.45, 2.75) is 66.2 Å². The third kappa shape index (κ3) is 8.11. The monoisotopic (exact) mass is 241 g/mol. The lowest BCUT2D eigenvalue weighted by molar-refractivity contribution is 0.495. The average molecular weight is 241 g/mol. The zero-order chi connectivity index (χ0) is 12.2. The first kappa shape index (κ1) is 15.9. The molecule has 0 amide bonds. The van der Waals surface area contributed by atoms with Gasteiger partial charge in [-0.25, -0.2) is 0 Å². The van der Waals surface area contributed by atoms with E-state index in [1.165, 1.54) is 51.6 Å². The van der Waals surface area contributed by atoms with Crippen LogP contribution in [0, 0.1) is 0 Å². The summed E-state index contributed by atoms with van der Waals surface area (Å²) in [6, 6.07) is 0. The lowest BCUT2D eigenvalue weighted by Crippen LogP contribution is -2.28. The molecule has 0 aromatic carbocycles. The second-order valence-corrected chi connectivity index (χ2v) is 6.69. The molecule has 0 rings (SSSR count). The van der Waals surface area contributed by atoms with Crippen LogP contribution in [0.1, 0.15) is 66.2 Å². The van der Waals surface area contributed by atoms with Crippen molar-refractivity contribution in [3.63, 3.8) is 0 Å². The van der Waals surface area contributed by atoms with Crippen LogP contribution in [0.3, 0.4) is 0 Å². The molecule has 0 atom stereocenters. The highest BCUT2D eigenvalue weighted by atomic mass is 28.2. The largest absolute Gasteiger partial charge is 0.326 e. The van der Waals surface area contributed by atoms with Gasteiger partial charge < -0.3 is 4.57 Å². The minimum atomic E-state index is -0.115. The zero-order valence-corrected chi connectivity index (χ0v) is 13.3. The molecule has 0 aromatic heterocycles. The zero-order valence-electron chi connectivity index (χ0n) is 11.9. The van der Waals surface area contributed by atoms with Crippen LogP contribution >= 0.6 is 0 Å². The molecule has 0 fully saturated rings. The van der Waals surface area contributed by atoms with Crippen LogP contribution in [-0.4, -0.2) is 27.3 Å². The molecule has 0 radical (unpaired) electrons. The van der Waals surface area contributed by atoms with Gasteiger partial charge in [-0.3, -0.25) is 0 Å². The second kappa shape index (κ2) is 11.4. The molecular weight excluding hydrogens is 210 g/mol. The highest BCUT2D eigenvalue weighted by Gasteiger charge is 2.04. The van der Waals surface area contributed by atoms with Crippen molar-refractivity contribution in [1.29, 1.82) is 0 Å². The summed E-state index contributed by atoms with van der Waals surface area (Å²) in [6.45, 7) is 11.6. The Hall–Kier alpha value is -0.0831. The number of nitrogens with zero attached hydrogens (tertiary/aromatic N) is 1. The van der Waals surface area contributed by atoms with Gasteiger partial charge in [0.2, 0.25) is 0 Å². The average Bonchev–Trinajstić information content (AvgIpc) is 2.32. The molecule has 0 bridgehead atoms. The first-order valence-electron chi connectivity index (χ1n) is 7.18. The standard InChI is InChI=1S/C14H31NSi/c1-5-9-11-13-14(12-10-6-2)16-15(7-3)8-4/h13H,5-12,16H2,1-4H3. The van der Waals surface area contributed by atoms with Crippen LogP contribution in [0.4, 0.5) is 0 Å². The van der Waals surface area contributed by atoms with Gasteiger partial charge >= 0.3 is 0 Å². The normalized spacial score (nSPS) is 13.2. The summed E-state index contributed by atoms with van der Waals surface area (Å²) >= 11 is 0. The molecule has 0 unspecified atom stereocenters. The fourth-order valence-electron chi connectivity index (χ4n) is 1.89. The van der Waals surface area contributed by atoms with Crippen molar-refractivity contribution < 1.29 is 0 Å². The van der Waals surface area contributed by atoms with E-state index in [2.05, 4.69) is 38.3 Å². The van der Waals surface area contributed by atoms with Gasteiger partial charge in [-0.2, -0.15) is 0 Å². The van der Waals surface area contributed by atoms with Crippen LogP contribution in [0.2, 0.25) is 0 Å². The van der Waals surface area contributed by atoms with Crippen LogP contribution in [0.25, 0.3) is 0 Å². The summed E-state index contributed by atoms with van der Waals surface area (Å²) in [5, 5.41) is 1.80. The number of allylic oxidation sites excluding steroid dienone is 2. The van der Waals surface area contributed by atoms with E-state index >= 15 is 0 Å². The first-order chi connectivity index (χ1) is 7.78. The van der Waals surface area contributed by atoms with Crippen LogP contribution in [0.15, 0.2) is 11.3 Å². The third-order valence-electron chi connectivity index (χ3n) is 3.16. The van der Waals surface area contributed by atoms with Gasteiger partial charge in [0.1, 0.15) is 9.68 Å². The summed E-state index contributed by atoms with van der Waals surface area (Å²) in [5.41, 5.74) is 0. The summed E-state index contributed by atoms with van der Waals surface area (Å²) in [6.07, 6.45) is 10.6. The molecular formula is C14H31NSi. The number of unbranched alkanes of at least 4 members (excludes halogenated alkanes) is 3. The minimum absolute atomic E-state index is 0.115. The smallest absolute Gasteiger partial charge is 0.122 e. The summed E-state index contributed by atoms with van der Waals surface area (Å²) in [4.78, 5) is 0. The maximum absolute atomic E-state index is 2.66. The van der Waals surface area contributed by atoms with Crippen LogP contribution < -0.4 is 0 Å². The minimum Gasteiger partial charge on any atom is -0.326 e. The van der Waals surface area contributed by atoms with E-state index < -0.39 is 0 Å². The van der Waals surface area contributed by atoms with Crippen molar-refractivity contribution in [3.8, 4) is 0 Å². The number of hydrogen-bond acceptors (Lipinski definition) is 1. The van der Waals surface area contributed by atoms with E-state index in [1.807, 2.05) is 0 Å². The molecule has 1 nitrogen and oxygen atoms in total. The molecule has 0 aliphatic heterocycles. The highest BCUT2D eigenvalue weighted by Crippen LogP contribution is 2.10. The molecule has 0 aliphatic rings. The van der Waals surface area contributed by atoms with Gasteiger partial charge in [-0.05, 0) is 25.9 Å². The number of hydrogen-bond donors (Lipinski definition) is 0. The van der Waals surface area contributed by atoms with E-state index in [9.17, 15) is 0 Å². The van der Waals surface area contributed by atoms with Gasteiger partial charge in [0.05, 0.1) is 0 Å². The van der Waals surface area contributed by atoms with Crippen molar-refractivity contribution in [1.82, 2.24) is 4.57 Å². The topological polar surface area (TPSA) is 3.24 Å². The van der Waals surface area contributed by atoms with Crippen molar-refractivity contribution in [2.75, 3.05) is 13.1 Å². The molecule has 0 aromatic rings. The Bertz CT molecular complexity index is 174. The van der Waals surface area contributed by atoms with Crippen LogP contribution in [-0.2, 0) is 0 Å². The molecule has 96 valence electrons. The Morgan fingerprint density at radius 2 is 1.62 bits per heavy atom. The third-order valence-corrected chi connectivity index (χ3v) is 5.55. The summed E-state index contributed by atoms with van der Waals surface area (Å²) in [7, 11) is -0.115. The Labute approximate surface area is 105 Å². The lowest BCUT2D eigenvalue weighted by atomic mass is 10.2. The quantitative estimate of drug-likeness (QED) is 0.417. The SMILES string of the molecule is CCCCC=C(CCCC)[SiH2]N(CC)CC. The molecule has 0 saturated heterocycles. The Morgan fingerprint density at radius 3 is 2.12 bits per heavy atom. The molecule has 0 spiro atoms. The summed E-state index contributed by atoms with van der Waals surface area (Å²) < 4.78 is 2.66. The van der Waals surface area contributed by atoms with Gasteiger partial charge in [-0.1, -0.05) is 64.7 Å². The van der Waals surface area contributed by atoms with Gasteiger partial charge in [0.25, 0.3) is 0 Å². The van der Waals surface area contributed by atoms with Gasteiger partial charge in [-0.15, -0.1) is 0 Å². The first-order valence-corrected chi connectivity index (χ1v) is 8.52. The van der Waals surface area contributed by atoms with Crippen molar-refractivity contribution in [3.05, 3.63) is 11.3 Å². The predicted molar refractivity (Wildman–Crippen MR) is 78.6 cm³/mol. The van der Waals surface area contributed by atoms with Gasteiger partial charge in [0, 0.05) is 0 Å². The maximum atomic E-state index is 2.66. The Kier molecular flexibility index (Phi) is 11.3. The predicted octanol–water partition coefficient (Wildman–Crippen LogP) is 3.68. The molecule has 0 aliphatic carbocycles. The van der Waals surface area contributed by atoms with E-state index in [-0.39, 0.29) is 9.68 Å². The van der Waals surface area contributed by atoms with Crippen molar-refractivity contribution >= 4 is 9.68 Å². The molecule has 16 heavy (non-hydrogen) atoms. The van der Waals surface area contributed by atoms with E-state index in [1.54, 1.807) is 5.20 Å². The fourth-order valence-corrected chi connectivity index (χ4v) is 3.66. The Balaban J connectivity index is 4.11. The molecule has 0 N–H and O–H groups in total. The second-order valence-electron chi connectivity index (χ2n) is 4.57. The van der Waals surface area contributed by atoms with Crippen LogP contribution in [0.5, 0.6) is 0 Å². The number of rotatable bonds is 10. The van der Waals surface area contributed by atoms with Crippen molar-refractivity contribution in [2.24, 2.45) is 0 Å². The molecule has 2 heteroatoms. The van der Waals surface area contributed by atoms with E-state index in [0.717, 1.165) is 0 Å². The highest BCUT2D eigenvalue weighted by molar-refractivity contribution is 6.42. The van der Waals surface area contributed by atoms with E-state index in [4.69, 9.17) is 0 Å².